The molecule has 28 heavy (non-hydrogen) atoms. The molecule has 2 N–H and O–H groups in total. The summed E-state index contributed by atoms with van der Waals surface area (Å²) in [4.78, 5) is 17.4. The third kappa shape index (κ3) is 5.09. The lowest BCUT2D eigenvalue weighted by Gasteiger charge is -2.15. The van der Waals surface area contributed by atoms with Gasteiger partial charge in [0.15, 0.2) is 0 Å². The van der Waals surface area contributed by atoms with E-state index in [1.54, 1.807) is 24.3 Å². The van der Waals surface area contributed by atoms with Crippen molar-refractivity contribution in [2.45, 2.75) is 13.0 Å². The number of carbonyl (C=O) groups is 1. The van der Waals surface area contributed by atoms with Crippen molar-refractivity contribution in [3.63, 3.8) is 0 Å². The van der Waals surface area contributed by atoms with Crippen molar-refractivity contribution < 1.29 is 13.2 Å². The average molecular weight is 436 g/mol. The van der Waals surface area contributed by atoms with Gasteiger partial charge < -0.3 is 5.32 Å². The monoisotopic (exact) mass is 435 g/mol. The second-order valence-corrected chi connectivity index (χ2v) is 9.39. The molecule has 0 saturated carbocycles. The second-order valence-electron chi connectivity index (χ2n) is 6.20. The third-order valence-electron chi connectivity index (χ3n) is 3.87. The maximum atomic E-state index is 12.6. The Morgan fingerprint density at radius 2 is 1.93 bits per heavy atom. The Kier molecular flexibility index (Phi) is 6.02. The number of thiazole rings is 1. The van der Waals surface area contributed by atoms with Gasteiger partial charge in [0.25, 0.3) is 5.91 Å². The summed E-state index contributed by atoms with van der Waals surface area (Å²) in [6.45, 7) is 1.83. The predicted molar refractivity (Wildman–Crippen MR) is 113 cm³/mol. The third-order valence-corrected chi connectivity index (χ3v) is 5.84. The zero-order valence-corrected chi connectivity index (χ0v) is 17.5. The predicted octanol–water partition coefficient (Wildman–Crippen LogP) is 4.33. The number of anilines is 1. The van der Waals surface area contributed by atoms with Gasteiger partial charge in [-0.05, 0) is 30.7 Å². The topological polar surface area (TPSA) is 88.2 Å². The molecule has 0 aliphatic heterocycles. The molecule has 0 aliphatic carbocycles. The number of sulfonamides is 1. The van der Waals surface area contributed by atoms with E-state index in [4.69, 9.17) is 11.6 Å². The van der Waals surface area contributed by atoms with Crippen LogP contribution < -0.4 is 10.0 Å². The number of nitrogens with one attached hydrogen (secondary N) is 2. The lowest BCUT2D eigenvalue weighted by Crippen LogP contribution is -2.26. The molecule has 0 fully saturated rings. The van der Waals surface area contributed by atoms with E-state index in [0.717, 1.165) is 17.4 Å². The van der Waals surface area contributed by atoms with Gasteiger partial charge in [-0.3, -0.25) is 9.52 Å². The summed E-state index contributed by atoms with van der Waals surface area (Å²) in [6, 6.07) is 13.9. The van der Waals surface area contributed by atoms with E-state index in [-0.39, 0.29) is 11.9 Å². The standard InChI is InChI=1S/C19H18ClN3O3S2/c1-12(13-6-5-7-14(10-13)23-28(2,25)26)22-18(24)17-11-21-19(27-17)15-8-3-4-9-16(15)20/h3-12,23H,1-2H3,(H,22,24). The van der Waals surface area contributed by atoms with E-state index in [1.165, 1.54) is 17.5 Å². The highest BCUT2D eigenvalue weighted by atomic mass is 35.5. The van der Waals surface area contributed by atoms with Gasteiger partial charge in [0.2, 0.25) is 10.0 Å². The molecule has 0 saturated heterocycles. The van der Waals surface area contributed by atoms with Crippen LogP contribution in [0.3, 0.4) is 0 Å². The van der Waals surface area contributed by atoms with Gasteiger partial charge in [0.1, 0.15) is 9.88 Å². The second kappa shape index (κ2) is 8.30. The Balaban J connectivity index is 1.73. The van der Waals surface area contributed by atoms with Crippen molar-refractivity contribution in [3.05, 3.63) is 70.2 Å². The highest BCUT2D eigenvalue weighted by molar-refractivity contribution is 7.92. The lowest BCUT2D eigenvalue weighted by molar-refractivity contribution is 0.0943. The number of halogens is 1. The van der Waals surface area contributed by atoms with E-state index < -0.39 is 10.0 Å². The Hall–Kier alpha value is -2.42. The van der Waals surface area contributed by atoms with Gasteiger partial charge in [0, 0.05) is 11.3 Å². The van der Waals surface area contributed by atoms with Crippen LogP contribution in [0.25, 0.3) is 10.6 Å². The molecule has 1 heterocycles. The molecule has 1 atom stereocenters. The molecule has 146 valence electrons. The molecule has 1 unspecified atom stereocenters. The van der Waals surface area contributed by atoms with E-state index in [0.29, 0.717) is 20.6 Å². The molecular weight excluding hydrogens is 418 g/mol. The van der Waals surface area contributed by atoms with Crippen LogP contribution in [0, 0.1) is 0 Å². The molecule has 0 aliphatic rings. The fourth-order valence-corrected chi connectivity index (χ4v) is 4.27. The van der Waals surface area contributed by atoms with E-state index in [1.807, 2.05) is 31.2 Å². The Labute approximate surface area is 172 Å². The molecule has 3 rings (SSSR count). The van der Waals surface area contributed by atoms with Crippen LogP contribution in [-0.2, 0) is 10.0 Å². The van der Waals surface area contributed by atoms with Gasteiger partial charge in [-0.1, -0.05) is 41.9 Å². The van der Waals surface area contributed by atoms with Gasteiger partial charge in [0.05, 0.1) is 23.5 Å². The zero-order chi connectivity index (χ0) is 20.3. The summed E-state index contributed by atoms with van der Waals surface area (Å²) in [5.74, 6) is -0.259. The molecule has 9 heteroatoms. The summed E-state index contributed by atoms with van der Waals surface area (Å²) in [5.41, 5.74) is 2.00. The molecule has 6 nitrogen and oxygen atoms in total. The highest BCUT2D eigenvalue weighted by Crippen LogP contribution is 2.31. The van der Waals surface area contributed by atoms with Crippen molar-refractivity contribution in [2.24, 2.45) is 0 Å². The Morgan fingerprint density at radius 3 is 2.64 bits per heavy atom. The minimum absolute atomic E-state index is 0.259. The van der Waals surface area contributed by atoms with Gasteiger partial charge >= 0.3 is 0 Å². The molecule has 1 amide bonds. The van der Waals surface area contributed by atoms with Crippen LogP contribution in [0.1, 0.15) is 28.2 Å². The molecule has 0 spiro atoms. The molecule has 1 aromatic heterocycles. The summed E-state index contributed by atoms with van der Waals surface area (Å²) >= 11 is 7.45. The van der Waals surface area contributed by atoms with Crippen molar-refractivity contribution in [1.82, 2.24) is 10.3 Å². The van der Waals surface area contributed by atoms with Crippen LogP contribution in [0.15, 0.2) is 54.7 Å². The fraction of sp³-hybridized carbons (Fsp3) is 0.158. The Bertz CT molecular complexity index is 1110. The van der Waals surface area contributed by atoms with E-state index in [9.17, 15) is 13.2 Å². The number of rotatable bonds is 6. The molecule has 0 radical (unpaired) electrons. The first-order valence-electron chi connectivity index (χ1n) is 8.32. The number of hydrogen-bond acceptors (Lipinski definition) is 5. The minimum atomic E-state index is -3.37. The summed E-state index contributed by atoms with van der Waals surface area (Å²) < 4.78 is 25.2. The zero-order valence-electron chi connectivity index (χ0n) is 15.1. The van der Waals surface area contributed by atoms with E-state index >= 15 is 0 Å². The normalized spacial score (nSPS) is 12.4. The first-order chi connectivity index (χ1) is 13.2. The molecule has 0 bridgehead atoms. The maximum absolute atomic E-state index is 12.6. The summed E-state index contributed by atoms with van der Waals surface area (Å²) in [7, 11) is -3.37. The van der Waals surface area contributed by atoms with Crippen LogP contribution >= 0.6 is 22.9 Å². The van der Waals surface area contributed by atoms with Gasteiger partial charge in [-0.2, -0.15) is 0 Å². The smallest absolute Gasteiger partial charge is 0.263 e. The number of benzene rings is 2. The van der Waals surface area contributed by atoms with Crippen molar-refractivity contribution in [1.29, 1.82) is 0 Å². The molecular formula is C19H18ClN3O3S2. The van der Waals surface area contributed by atoms with Crippen LogP contribution in [0.5, 0.6) is 0 Å². The SMILES string of the molecule is CC(NC(=O)c1cnc(-c2ccccc2Cl)s1)c1cccc(NS(C)(=O)=O)c1. The van der Waals surface area contributed by atoms with E-state index in [2.05, 4.69) is 15.0 Å². The first kappa shape index (κ1) is 20.3. The Morgan fingerprint density at radius 1 is 1.18 bits per heavy atom. The lowest BCUT2D eigenvalue weighted by atomic mass is 10.1. The largest absolute Gasteiger partial charge is 0.345 e. The number of hydrogen-bond donors (Lipinski definition) is 2. The summed E-state index contributed by atoms with van der Waals surface area (Å²) in [5, 5.41) is 4.15. The number of aromatic nitrogens is 1. The number of amides is 1. The fourth-order valence-electron chi connectivity index (χ4n) is 2.57. The van der Waals surface area contributed by atoms with Gasteiger partial charge in [-0.25, -0.2) is 13.4 Å². The van der Waals surface area contributed by atoms with Crippen molar-refractivity contribution in [2.75, 3.05) is 11.0 Å². The first-order valence-corrected chi connectivity index (χ1v) is 11.4. The average Bonchev–Trinajstić information content (AvgIpc) is 3.11. The molecule has 2 aromatic carbocycles. The maximum Gasteiger partial charge on any atom is 0.263 e. The van der Waals surface area contributed by atoms with Gasteiger partial charge in [-0.15, -0.1) is 11.3 Å². The summed E-state index contributed by atoms with van der Waals surface area (Å²) in [6.07, 6.45) is 2.61. The van der Waals surface area contributed by atoms with Crippen LogP contribution in [0.4, 0.5) is 5.69 Å². The highest BCUT2D eigenvalue weighted by Gasteiger charge is 2.16. The minimum Gasteiger partial charge on any atom is -0.345 e. The molecule has 3 aromatic rings. The van der Waals surface area contributed by atoms with Crippen molar-refractivity contribution in [3.8, 4) is 10.6 Å². The quantitative estimate of drug-likeness (QED) is 0.603. The number of nitrogens with zero attached hydrogens (tertiary/aromatic N) is 1. The number of carbonyl (C=O) groups excluding carboxylic acids is 1. The van der Waals surface area contributed by atoms with Crippen LogP contribution in [0.2, 0.25) is 5.02 Å². The van der Waals surface area contributed by atoms with Crippen molar-refractivity contribution >= 4 is 44.6 Å². The van der Waals surface area contributed by atoms with Crippen LogP contribution in [-0.4, -0.2) is 25.6 Å².